The van der Waals surface area contributed by atoms with Crippen LogP contribution in [0.4, 0.5) is 0 Å². The monoisotopic (exact) mass is 519 g/mol. The van der Waals surface area contributed by atoms with E-state index < -0.39 is 24.3 Å². The molecule has 2 N–H and O–H groups in total. The molecule has 0 aromatic rings. The summed E-state index contributed by atoms with van der Waals surface area (Å²) in [5.74, 6) is -2.76. The van der Waals surface area contributed by atoms with Gasteiger partial charge in [0, 0.05) is 38.8 Å². The van der Waals surface area contributed by atoms with Crippen molar-refractivity contribution in [2.75, 3.05) is 66.0 Å². The van der Waals surface area contributed by atoms with Gasteiger partial charge in [0.1, 0.15) is 25.6 Å². The Morgan fingerprint density at radius 3 is 2.03 bits per heavy atom. The van der Waals surface area contributed by atoms with E-state index in [-0.39, 0.29) is 82.7 Å². The Kier molecular flexibility index (Phi) is 21.0. The summed E-state index contributed by atoms with van der Waals surface area (Å²) < 4.78 is 25.2. The second-order valence-corrected chi connectivity index (χ2v) is 7.84. The van der Waals surface area contributed by atoms with Crippen LogP contribution >= 0.6 is 0 Å². The highest BCUT2D eigenvalue weighted by molar-refractivity contribution is 5.84. The maximum absolute atomic E-state index is 12.1. The predicted octanol–water partition coefficient (Wildman–Crippen LogP) is -0.279. The molecule has 0 saturated heterocycles. The minimum atomic E-state index is -1.12. The molecule has 13 heteroatoms. The number of ketones is 3. The maximum Gasteiger partial charge on any atom is 0.303 e. The minimum absolute atomic E-state index is 0.0545. The molecule has 0 aliphatic heterocycles. The third-order valence-corrected chi connectivity index (χ3v) is 4.40. The Balaban J connectivity index is 3.72. The molecule has 13 nitrogen and oxygen atoms in total. The summed E-state index contributed by atoms with van der Waals surface area (Å²) in [5, 5.41) is 11.6. The van der Waals surface area contributed by atoms with Crippen molar-refractivity contribution in [3.05, 3.63) is 0 Å². The summed E-state index contributed by atoms with van der Waals surface area (Å²) in [6, 6.07) is 0. The van der Waals surface area contributed by atoms with Crippen molar-refractivity contribution < 1.29 is 57.6 Å². The van der Waals surface area contributed by atoms with Gasteiger partial charge in [0.15, 0.2) is 11.6 Å². The summed E-state index contributed by atoms with van der Waals surface area (Å²) in [4.78, 5) is 67.2. The molecule has 206 valence electrons. The van der Waals surface area contributed by atoms with Crippen molar-refractivity contribution in [1.29, 1.82) is 0 Å². The summed E-state index contributed by atoms with van der Waals surface area (Å²) in [7, 11) is 0. The lowest BCUT2D eigenvalue weighted by Gasteiger charge is -2.13. The molecule has 0 rings (SSSR count). The van der Waals surface area contributed by atoms with Crippen LogP contribution in [0, 0.1) is 5.92 Å². The van der Waals surface area contributed by atoms with Gasteiger partial charge in [0.25, 0.3) is 6.47 Å². The van der Waals surface area contributed by atoms with Crippen LogP contribution in [0.2, 0.25) is 0 Å². The fourth-order valence-corrected chi connectivity index (χ4v) is 2.90. The van der Waals surface area contributed by atoms with Crippen LogP contribution in [-0.4, -0.2) is 107 Å². The molecule has 0 aliphatic rings. The summed E-state index contributed by atoms with van der Waals surface area (Å²) >= 11 is 0. The molecule has 0 spiro atoms. The first-order valence-electron chi connectivity index (χ1n) is 11.6. The van der Waals surface area contributed by atoms with Gasteiger partial charge < -0.3 is 34.1 Å². The fourth-order valence-electron chi connectivity index (χ4n) is 2.90. The Labute approximate surface area is 210 Å². The molecular formula is C23H37NO12. The molecule has 1 unspecified atom stereocenters. The number of aliphatic carboxylic acids is 1. The Morgan fingerprint density at radius 2 is 1.39 bits per heavy atom. The molecule has 1 atom stereocenters. The first-order valence-corrected chi connectivity index (χ1v) is 11.6. The van der Waals surface area contributed by atoms with Gasteiger partial charge in [0.2, 0.25) is 5.91 Å². The molecule has 36 heavy (non-hydrogen) atoms. The predicted molar refractivity (Wildman–Crippen MR) is 123 cm³/mol. The van der Waals surface area contributed by atoms with Gasteiger partial charge in [0.05, 0.1) is 33.0 Å². The average Bonchev–Trinajstić information content (AvgIpc) is 2.80. The van der Waals surface area contributed by atoms with E-state index in [0.29, 0.717) is 32.8 Å². The fraction of sp³-hybridized carbons (Fsp3) is 0.739. The van der Waals surface area contributed by atoms with E-state index in [2.05, 4.69) is 10.1 Å². The lowest BCUT2D eigenvalue weighted by atomic mass is 9.92. The van der Waals surface area contributed by atoms with Crippen LogP contribution in [0.25, 0.3) is 0 Å². The quantitative estimate of drug-likeness (QED) is 0.113. The Hall–Kier alpha value is -2.74. The van der Waals surface area contributed by atoms with E-state index >= 15 is 0 Å². The highest BCUT2D eigenvalue weighted by Crippen LogP contribution is 2.16. The number of Topliss-reactive ketones (excluding diaryl/α,β-unsaturated/α-hetero) is 3. The number of hydrogen-bond acceptors (Lipinski definition) is 11. The van der Waals surface area contributed by atoms with E-state index in [1.807, 2.05) is 0 Å². The Bertz CT molecular complexity index is 682. The molecule has 0 heterocycles. The first-order chi connectivity index (χ1) is 17.2. The van der Waals surface area contributed by atoms with E-state index in [1.54, 1.807) is 0 Å². The first kappa shape index (κ1) is 33.3. The van der Waals surface area contributed by atoms with Crippen LogP contribution in [-0.2, 0) is 52.5 Å². The number of hydrogen-bond donors (Lipinski definition) is 2. The number of amides is 1. The third-order valence-electron chi connectivity index (χ3n) is 4.40. The topological polar surface area (TPSA) is 181 Å². The molecule has 0 radical (unpaired) electrons. The third kappa shape index (κ3) is 23.0. The van der Waals surface area contributed by atoms with Crippen molar-refractivity contribution in [1.82, 2.24) is 5.32 Å². The summed E-state index contributed by atoms with van der Waals surface area (Å²) in [5.41, 5.74) is 0. The van der Waals surface area contributed by atoms with E-state index in [0.717, 1.165) is 0 Å². The van der Waals surface area contributed by atoms with Crippen LogP contribution in [0.3, 0.4) is 0 Å². The lowest BCUT2D eigenvalue weighted by Crippen LogP contribution is -2.31. The number of nitrogens with one attached hydrogen (secondary N) is 1. The molecule has 0 fully saturated rings. The van der Waals surface area contributed by atoms with E-state index in [1.165, 1.54) is 6.92 Å². The molecule has 0 aliphatic carbocycles. The number of carbonyl (C=O) groups excluding carboxylic acids is 5. The highest BCUT2D eigenvalue weighted by Gasteiger charge is 2.20. The average molecular weight is 520 g/mol. The second-order valence-electron chi connectivity index (χ2n) is 7.84. The second kappa shape index (κ2) is 22.7. The van der Waals surface area contributed by atoms with Gasteiger partial charge in [-0.25, -0.2) is 0 Å². The van der Waals surface area contributed by atoms with Gasteiger partial charge in [-0.2, -0.15) is 0 Å². The molecular weight excluding hydrogens is 482 g/mol. The van der Waals surface area contributed by atoms with Crippen LogP contribution in [0.15, 0.2) is 0 Å². The van der Waals surface area contributed by atoms with Crippen molar-refractivity contribution in [3.8, 4) is 0 Å². The molecule has 0 bridgehead atoms. The molecule has 1 amide bonds. The highest BCUT2D eigenvalue weighted by atomic mass is 16.5. The number of carboxylic acid groups (broad SMARTS) is 1. The number of ether oxygens (including phenoxy) is 5. The SMILES string of the molecule is CC(=O)COCCOCCNC(=O)COCCOCCCC(=O)CC(CC(=O)O)CC(=O)COC=O. The van der Waals surface area contributed by atoms with Crippen molar-refractivity contribution >= 4 is 35.7 Å². The van der Waals surface area contributed by atoms with Crippen molar-refractivity contribution in [2.45, 2.75) is 39.0 Å². The van der Waals surface area contributed by atoms with Crippen LogP contribution in [0.1, 0.15) is 39.0 Å². The minimum Gasteiger partial charge on any atom is -0.481 e. The smallest absolute Gasteiger partial charge is 0.303 e. The lowest BCUT2D eigenvalue weighted by molar-refractivity contribution is -0.140. The van der Waals surface area contributed by atoms with Crippen molar-refractivity contribution in [3.63, 3.8) is 0 Å². The Morgan fingerprint density at radius 1 is 0.778 bits per heavy atom. The summed E-state index contributed by atoms with van der Waals surface area (Å²) in [6.45, 7) is 2.99. The zero-order valence-corrected chi connectivity index (χ0v) is 20.7. The summed E-state index contributed by atoms with van der Waals surface area (Å²) in [6.07, 6.45) is 0.0438. The van der Waals surface area contributed by atoms with Gasteiger partial charge in [-0.1, -0.05) is 0 Å². The van der Waals surface area contributed by atoms with Gasteiger partial charge in [-0.3, -0.25) is 28.8 Å². The van der Waals surface area contributed by atoms with Crippen LogP contribution in [0.5, 0.6) is 0 Å². The molecule has 0 aromatic heterocycles. The molecule has 0 saturated carbocycles. The zero-order chi connectivity index (χ0) is 27.0. The van der Waals surface area contributed by atoms with E-state index in [9.17, 15) is 28.8 Å². The molecule has 0 aromatic carbocycles. The largest absolute Gasteiger partial charge is 0.481 e. The number of carboxylic acids is 1. The van der Waals surface area contributed by atoms with Crippen molar-refractivity contribution in [2.24, 2.45) is 5.92 Å². The van der Waals surface area contributed by atoms with E-state index in [4.69, 9.17) is 24.1 Å². The zero-order valence-electron chi connectivity index (χ0n) is 20.7. The maximum atomic E-state index is 12.1. The van der Waals surface area contributed by atoms with Gasteiger partial charge in [-0.05, 0) is 19.3 Å². The normalized spacial score (nSPS) is 11.5. The van der Waals surface area contributed by atoms with Gasteiger partial charge in [-0.15, -0.1) is 0 Å². The van der Waals surface area contributed by atoms with Gasteiger partial charge >= 0.3 is 5.97 Å². The number of rotatable bonds is 26. The van der Waals surface area contributed by atoms with Crippen LogP contribution < -0.4 is 5.32 Å². The number of carbonyl (C=O) groups is 6. The standard InChI is InChI=1S/C23H37NO12/c1-18(26)14-34-9-8-33-6-4-24-22(29)16-35-10-7-32-5-2-3-20(27)11-19(13-23(30)31)12-21(28)15-36-17-25/h17,19H,2-16H2,1H3,(H,24,29)(H,30,31).